The minimum absolute atomic E-state index is 0.0391. The molecule has 0 aromatic rings. The summed E-state index contributed by atoms with van der Waals surface area (Å²) in [7, 11) is -3.79. The lowest BCUT2D eigenvalue weighted by Crippen LogP contribution is -2.20. The van der Waals surface area contributed by atoms with Gasteiger partial charge < -0.3 is 20.8 Å². The van der Waals surface area contributed by atoms with Crippen molar-refractivity contribution in [2.45, 2.75) is 12.8 Å². The Kier molecular flexibility index (Phi) is 6.61. The summed E-state index contributed by atoms with van der Waals surface area (Å²) in [5, 5.41) is 3.04. The van der Waals surface area contributed by atoms with Crippen LogP contribution in [0.5, 0.6) is 0 Å². The van der Waals surface area contributed by atoms with Crippen molar-refractivity contribution in [2.75, 3.05) is 25.8 Å². The Bertz CT molecular complexity index is 148. The second kappa shape index (κ2) is 6.57. The third-order valence-electron chi connectivity index (χ3n) is 1.36. The average molecular weight is 196 g/mol. The molecule has 74 valence electrons. The first-order chi connectivity index (χ1) is 5.56. The zero-order valence-corrected chi connectivity index (χ0v) is 7.96. The van der Waals surface area contributed by atoms with Crippen molar-refractivity contribution in [3.63, 3.8) is 0 Å². The molecule has 0 aliphatic rings. The summed E-state index contributed by atoms with van der Waals surface area (Å²) < 4.78 is 10.4. The maximum Gasteiger partial charge on any atom is 0.325 e. The molecule has 0 saturated carbocycles. The molecule has 0 radical (unpaired) electrons. The van der Waals surface area contributed by atoms with Gasteiger partial charge in [0.25, 0.3) is 0 Å². The van der Waals surface area contributed by atoms with Crippen molar-refractivity contribution in [2.24, 2.45) is 5.73 Å². The molecule has 0 aromatic heterocycles. The molecule has 0 fully saturated rings. The highest BCUT2D eigenvalue weighted by atomic mass is 31.2. The summed E-state index contributed by atoms with van der Waals surface area (Å²) in [6.07, 6.45) is 1.37. The van der Waals surface area contributed by atoms with Gasteiger partial charge in [0.15, 0.2) is 0 Å². The van der Waals surface area contributed by atoms with Gasteiger partial charge in [-0.2, -0.15) is 0 Å². The van der Waals surface area contributed by atoms with E-state index in [0.717, 1.165) is 13.0 Å². The predicted octanol–water partition coefficient (Wildman–Crippen LogP) is -0.507. The van der Waals surface area contributed by atoms with Crippen LogP contribution in [0.1, 0.15) is 12.8 Å². The molecule has 6 heteroatoms. The molecule has 0 amide bonds. The molecule has 5 N–H and O–H groups in total. The van der Waals surface area contributed by atoms with Gasteiger partial charge in [-0.15, -0.1) is 0 Å². The fourth-order valence-corrected chi connectivity index (χ4v) is 1.33. The van der Waals surface area contributed by atoms with Crippen LogP contribution in [-0.2, 0) is 4.57 Å². The molecule has 0 saturated heterocycles. The van der Waals surface area contributed by atoms with Crippen LogP contribution >= 0.6 is 7.60 Å². The summed E-state index contributed by atoms with van der Waals surface area (Å²) in [5.74, 6) is 0. The second-order valence-corrected chi connectivity index (χ2v) is 4.41. The molecule has 5 nitrogen and oxygen atoms in total. The van der Waals surface area contributed by atoms with Gasteiger partial charge in [0.05, 0.1) is 6.16 Å². The minimum atomic E-state index is -3.79. The predicted molar refractivity (Wildman–Crippen MR) is 48.1 cm³/mol. The van der Waals surface area contributed by atoms with Gasteiger partial charge in [-0.3, -0.25) is 4.57 Å². The molecular weight excluding hydrogens is 179 g/mol. The summed E-state index contributed by atoms with van der Waals surface area (Å²) in [6.45, 7) is 2.11. The molecule has 0 aliphatic carbocycles. The largest absolute Gasteiger partial charge is 0.330 e. The Hall–Kier alpha value is 0.0700. The van der Waals surface area contributed by atoms with Crippen molar-refractivity contribution < 1.29 is 14.4 Å². The first-order valence-electron chi connectivity index (χ1n) is 4.01. The topological polar surface area (TPSA) is 95.6 Å². The third kappa shape index (κ3) is 10.1. The minimum Gasteiger partial charge on any atom is -0.330 e. The Balaban J connectivity index is 3.06. The second-order valence-electron chi connectivity index (χ2n) is 2.63. The van der Waals surface area contributed by atoms with Gasteiger partial charge in [-0.05, 0) is 32.5 Å². The van der Waals surface area contributed by atoms with E-state index >= 15 is 0 Å². The van der Waals surface area contributed by atoms with Crippen molar-refractivity contribution in [1.82, 2.24) is 5.32 Å². The zero-order valence-electron chi connectivity index (χ0n) is 7.07. The normalized spacial score (nSPS) is 11.9. The van der Waals surface area contributed by atoms with Crippen molar-refractivity contribution >= 4 is 7.60 Å². The van der Waals surface area contributed by atoms with Crippen LogP contribution in [0.4, 0.5) is 0 Å². The van der Waals surface area contributed by atoms with Crippen molar-refractivity contribution in [3.05, 3.63) is 0 Å². The fourth-order valence-electron chi connectivity index (χ4n) is 0.762. The number of rotatable bonds is 7. The summed E-state index contributed by atoms with van der Waals surface area (Å²) in [6, 6.07) is 0. The lowest BCUT2D eigenvalue weighted by Gasteiger charge is -2.04. The van der Waals surface area contributed by atoms with Crippen LogP contribution in [0, 0.1) is 0 Å². The zero-order chi connectivity index (χ0) is 9.45. The van der Waals surface area contributed by atoms with E-state index in [4.69, 9.17) is 15.5 Å². The molecular formula is C6H17N2O3P. The molecule has 0 heterocycles. The SMILES string of the molecule is NCCCNCCCP(=O)(O)O. The Morgan fingerprint density at radius 1 is 1.25 bits per heavy atom. The highest BCUT2D eigenvalue weighted by Gasteiger charge is 2.10. The van der Waals surface area contributed by atoms with E-state index in [1.807, 2.05) is 0 Å². The van der Waals surface area contributed by atoms with Crippen LogP contribution in [0.25, 0.3) is 0 Å². The van der Waals surface area contributed by atoms with E-state index < -0.39 is 7.60 Å². The summed E-state index contributed by atoms with van der Waals surface area (Å²) in [5.41, 5.74) is 5.25. The molecule has 12 heavy (non-hydrogen) atoms. The standard InChI is InChI=1S/C6H17N2O3P/c7-3-1-4-8-5-2-6-12(9,10)11/h8H,1-7H2,(H2,9,10,11). The first kappa shape index (κ1) is 12.1. The molecule has 0 bridgehead atoms. The van der Waals surface area contributed by atoms with E-state index in [1.54, 1.807) is 0 Å². The Morgan fingerprint density at radius 2 is 1.83 bits per heavy atom. The quantitative estimate of drug-likeness (QED) is 0.325. The van der Waals surface area contributed by atoms with E-state index in [-0.39, 0.29) is 6.16 Å². The molecule has 0 atom stereocenters. The van der Waals surface area contributed by atoms with Crippen LogP contribution in [0.3, 0.4) is 0 Å². The fraction of sp³-hybridized carbons (Fsp3) is 1.00. The number of hydrogen-bond donors (Lipinski definition) is 4. The highest BCUT2D eigenvalue weighted by molar-refractivity contribution is 7.51. The molecule has 0 spiro atoms. The van der Waals surface area contributed by atoms with Crippen LogP contribution in [0.2, 0.25) is 0 Å². The molecule has 0 aliphatic heterocycles. The van der Waals surface area contributed by atoms with Gasteiger partial charge in [0, 0.05) is 0 Å². The molecule has 0 rings (SSSR count). The van der Waals surface area contributed by atoms with Crippen LogP contribution < -0.4 is 11.1 Å². The lowest BCUT2D eigenvalue weighted by atomic mass is 10.4. The number of nitrogens with two attached hydrogens (primary N) is 1. The van der Waals surface area contributed by atoms with Gasteiger partial charge in [-0.25, -0.2) is 0 Å². The smallest absolute Gasteiger partial charge is 0.325 e. The maximum absolute atomic E-state index is 10.4. The molecule has 0 aromatic carbocycles. The van der Waals surface area contributed by atoms with E-state index in [2.05, 4.69) is 5.32 Å². The number of hydrogen-bond acceptors (Lipinski definition) is 3. The van der Waals surface area contributed by atoms with Gasteiger partial charge in [0.1, 0.15) is 0 Å². The van der Waals surface area contributed by atoms with Crippen molar-refractivity contribution in [3.8, 4) is 0 Å². The van der Waals surface area contributed by atoms with Crippen molar-refractivity contribution in [1.29, 1.82) is 0 Å². The van der Waals surface area contributed by atoms with E-state index in [9.17, 15) is 4.57 Å². The Morgan fingerprint density at radius 3 is 2.33 bits per heavy atom. The van der Waals surface area contributed by atoms with Gasteiger partial charge >= 0.3 is 7.60 Å². The van der Waals surface area contributed by atoms with Gasteiger partial charge in [0.2, 0.25) is 0 Å². The number of nitrogens with one attached hydrogen (secondary N) is 1. The summed E-state index contributed by atoms with van der Waals surface area (Å²) >= 11 is 0. The Labute approximate surface area is 72.5 Å². The molecule has 0 unspecified atom stereocenters. The van der Waals surface area contributed by atoms with Crippen LogP contribution in [0.15, 0.2) is 0 Å². The van der Waals surface area contributed by atoms with E-state index in [0.29, 0.717) is 19.5 Å². The average Bonchev–Trinajstić information content (AvgIpc) is 1.94. The first-order valence-corrected chi connectivity index (χ1v) is 5.81. The monoisotopic (exact) mass is 196 g/mol. The maximum atomic E-state index is 10.4. The van der Waals surface area contributed by atoms with Crippen LogP contribution in [-0.4, -0.2) is 35.6 Å². The van der Waals surface area contributed by atoms with E-state index in [1.165, 1.54) is 0 Å². The van der Waals surface area contributed by atoms with Gasteiger partial charge in [-0.1, -0.05) is 0 Å². The lowest BCUT2D eigenvalue weighted by molar-refractivity contribution is 0.371. The highest BCUT2D eigenvalue weighted by Crippen LogP contribution is 2.34. The third-order valence-corrected chi connectivity index (χ3v) is 2.26. The summed E-state index contributed by atoms with van der Waals surface area (Å²) in [4.78, 5) is 17.0.